The number of hydrogen-bond donors (Lipinski definition) is 2. The van der Waals surface area contributed by atoms with Gasteiger partial charge in [-0.2, -0.15) is 0 Å². The van der Waals surface area contributed by atoms with Crippen molar-refractivity contribution in [3.63, 3.8) is 0 Å². The second-order valence-corrected chi connectivity index (χ2v) is 4.77. The van der Waals surface area contributed by atoms with Crippen LogP contribution in [0.3, 0.4) is 0 Å². The molecule has 102 valence electrons. The van der Waals surface area contributed by atoms with Crippen LogP contribution in [0, 0.1) is 6.92 Å². The van der Waals surface area contributed by atoms with Crippen LogP contribution in [0.1, 0.15) is 18.4 Å². The van der Waals surface area contributed by atoms with Crippen LogP contribution in [0.5, 0.6) is 0 Å². The molecule has 3 N–H and O–H groups in total. The lowest BCUT2D eigenvalue weighted by Crippen LogP contribution is -2.42. The number of carbonyl (C=O) groups excluding carboxylic acids is 2. The first-order chi connectivity index (χ1) is 9.11. The van der Waals surface area contributed by atoms with Crippen molar-refractivity contribution in [3.8, 4) is 0 Å². The van der Waals surface area contributed by atoms with Crippen LogP contribution >= 0.6 is 0 Å². The minimum absolute atomic E-state index is 0.0470. The fourth-order valence-electron chi connectivity index (χ4n) is 2.19. The third-order valence-electron chi connectivity index (χ3n) is 3.26. The number of amides is 2. The monoisotopic (exact) mass is 261 g/mol. The average molecular weight is 261 g/mol. The highest BCUT2D eigenvalue weighted by molar-refractivity contribution is 6.01. The Labute approximate surface area is 112 Å². The van der Waals surface area contributed by atoms with Gasteiger partial charge < -0.3 is 16.0 Å². The maximum Gasteiger partial charge on any atom is 0.249 e. The van der Waals surface area contributed by atoms with E-state index in [0.29, 0.717) is 19.5 Å². The molecular formula is C14H19N3O2. The lowest BCUT2D eigenvalue weighted by atomic mass is 10.2. The molecule has 0 bridgehead atoms. The van der Waals surface area contributed by atoms with E-state index in [2.05, 4.69) is 5.32 Å². The van der Waals surface area contributed by atoms with Crippen LogP contribution in [-0.4, -0.2) is 30.9 Å². The first-order valence-electron chi connectivity index (χ1n) is 6.49. The molecule has 1 atom stereocenters. The second-order valence-electron chi connectivity index (χ2n) is 4.77. The van der Waals surface area contributed by atoms with Crippen LogP contribution < -0.4 is 16.0 Å². The molecule has 1 aromatic rings. The number of carbonyl (C=O) groups is 2. The first-order valence-corrected chi connectivity index (χ1v) is 6.49. The van der Waals surface area contributed by atoms with Crippen molar-refractivity contribution in [3.05, 3.63) is 29.8 Å². The molecule has 0 aliphatic carbocycles. The summed E-state index contributed by atoms with van der Waals surface area (Å²) in [5.74, 6) is -0.208. The van der Waals surface area contributed by atoms with Crippen LogP contribution in [0.15, 0.2) is 24.3 Å². The predicted molar refractivity (Wildman–Crippen MR) is 73.8 cm³/mol. The average Bonchev–Trinajstić information content (AvgIpc) is 2.73. The summed E-state index contributed by atoms with van der Waals surface area (Å²) in [4.78, 5) is 25.4. The van der Waals surface area contributed by atoms with E-state index in [1.54, 1.807) is 4.90 Å². The molecule has 1 saturated heterocycles. The van der Waals surface area contributed by atoms with Gasteiger partial charge in [-0.3, -0.25) is 9.59 Å². The molecule has 1 fully saturated rings. The van der Waals surface area contributed by atoms with E-state index >= 15 is 0 Å². The first kappa shape index (κ1) is 13.5. The molecule has 1 heterocycles. The number of nitrogens with one attached hydrogen (secondary N) is 1. The van der Waals surface area contributed by atoms with Crippen molar-refractivity contribution in [1.82, 2.24) is 5.32 Å². The summed E-state index contributed by atoms with van der Waals surface area (Å²) in [5.41, 5.74) is 7.35. The van der Waals surface area contributed by atoms with Gasteiger partial charge in [0, 0.05) is 25.2 Å². The molecule has 2 amide bonds. The molecule has 1 aliphatic heterocycles. The van der Waals surface area contributed by atoms with Gasteiger partial charge in [0.2, 0.25) is 11.8 Å². The van der Waals surface area contributed by atoms with E-state index < -0.39 is 6.04 Å². The lowest BCUT2D eigenvalue weighted by Gasteiger charge is -2.17. The van der Waals surface area contributed by atoms with Crippen molar-refractivity contribution < 1.29 is 9.59 Å². The van der Waals surface area contributed by atoms with Gasteiger partial charge in [-0.05, 0) is 25.5 Å². The molecule has 0 saturated carbocycles. The van der Waals surface area contributed by atoms with Crippen molar-refractivity contribution in [2.45, 2.75) is 25.8 Å². The summed E-state index contributed by atoms with van der Waals surface area (Å²) in [5, 5.41) is 2.73. The summed E-state index contributed by atoms with van der Waals surface area (Å²) in [6, 6.07) is 7.39. The maximum absolute atomic E-state index is 12.2. The Morgan fingerprint density at radius 3 is 2.74 bits per heavy atom. The molecule has 0 radical (unpaired) electrons. The molecule has 5 nitrogen and oxygen atoms in total. The SMILES string of the molecule is Cc1ccc(N2CCC(NC(=O)CCN)C2=O)cc1. The molecule has 5 heteroatoms. The Balaban J connectivity index is 2.01. The number of nitrogens with two attached hydrogens (primary N) is 1. The van der Waals surface area contributed by atoms with Gasteiger partial charge in [-0.15, -0.1) is 0 Å². The largest absolute Gasteiger partial charge is 0.344 e. The van der Waals surface area contributed by atoms with E-state index in [4.69, 9.17) is 5.73 Å². The standard InChI is InChI=1S/C14H19N3O2/c1-10-2-4-11(5-3-10)17-9-7-12(14(17)19)16-13(18)6-8-15/h2-5,12H,6-9,15H2,1H3,(H,16,18). The van der Waals surface area contributed by atoms with Crippen molar-refractivity contribution >= 4 is 17.5 Å². The summed E-state index contributed by atoms with van der Waals surface area (Å²) >= 11 is 0. The quantitative estimate of drug-likeness (QED) is 0.832. The zero-order chi connectivity index (χ0) is 13.8. The number of hydrogen-bond acceptors (Lipinski definition) is 3. The van der Waals surface area contributed by atoms with Crippen LogP contribution in [-0.2, 0) is 9.59 Å². The molecule has 0 aromatic heterocycles. The smallest absolute Gasteiger partial charge is 0.249 e. The van der Waals surface area contributed by atoms with E-state index in [1.165, 1.54) is 0 Å². The zero-order valence-electron chi connectivity index (χ0n) is 11.1. The van der Waals surface area contributed by atoms with Gasteiger partial charge >= 0.3 is 0 Å². The van der Waals surface area contributed by atoms with Crippen LogP contribution in [0.2, 0.25) is 0 Å². The maximum atomic E-state index is 12.2. The van der Waals surface area contributed by atoms with Gasteiger partial charge in [0.15, 0.2) is 0 Å². The Hall–Kier alpha value is -1.88. The number of nitrogens with zero attached hydrogens (tertiary/aromatic N) is 1. The molecule has 1 aromatic carbocycles. The van der Waals surface area contributed by atoms with Gasteiger partial charge in [0.05, 0.1) is 0 Å². The normalized spacial score (nSPS) is 18.7. The predicted octanol–water partition coefficient (Wildman–Crippen LogP) is 0.565. The van der Waals surface area contributed by atoms with Crippen molar-refractivity contribution in [2.75, 3.05) is 18.0 Å². The molecule has 1 unspecified atom stereocenters. The second kappa shape index (κ2) is 5.84. The Morgan fingerprint density at radius 2 is 2.11 bits per heavy atom. The third kappa shape index (κ3) is 3.12. The number of rotatable bonds is 4. The van der Waals surface area contributed by atoms with Crippen molar-refractivity contribution in [1.29, 1.82) is 0 Å². The van der Waals surface area contributed by atoms with Gasteiger partial charge in [-0.1, -0.05) is 17.7 Å². The highest BCUT2D eigenvalue weighted by Crippen LogP contribution is 2.21. The highest BCUT2D eigenvalue weighted by Gasteiger charge is 2.33. The highest BCUT2D eigenvalue weighted by atomic mass is 16.2. The zero-order valence-corrected chi connectivity index (χ0v) is 11.1. The fraction of sp³-hybridized carbons (Fsp3) is 0.429. The van der Waals surface area contributed by atoms with E-state index in [1.807, 2.05) is 31.2 Å². The topological polar surface area (TPSA) is 75.4 Å². The number of anilines is 1. The Bertz CT molecular complexity index is 470. The fourth-order valence-corrected chi connectivity index (χ4v) is 2.19. The Kier molecular flexibility index (Phi) is 4.16. The molecule has 0 spiro atoms. The summed E-state index contributed by atoms with van der Waals surface area (Å²) in [6.07, 6.45) is 0.900. The van der Waals surface area contributed by atoms with E-state index in [9.17, 15) is 9.59 Å². The molecule has 2 rings (SSSR count). The van der Waals surface area contributed by atoms with E-state index in [-0.39, 0.29) is 18.2 Å². The van der Waals surface area contributed by atoms with E-state index in [0.717, 1.165) is 11.3 Å². The molecule has 1 aliphatic rings. The number of benzene rings is 1. The minimum Gasteiger partial charge on any atom is -0.344 e. The lowest BCUT2D eigenvalue weighted by molar-refractivity contribution is -0.126. The van der Waals surface area contributed by atoms with Crippen LogP contribution in [0.25, 0.3) is 0 Å². The molecular weight excluding hydrogens is 242 g/mol. The van der Waals surface area contributed by atoms with Gasteiger partial charge in [0.25, 0.3) is 0 Å². The summed E-state index contributed by atoms with van der Waals surface area (Å²) in [7, 11) is 0. The minimum atomic E-state index is -0.416. The van der Waals surface area contributed by atoms with Crippen molar-refractivity contribution in [2.24, 2.45) is 5.73 Å². The van der Waals surface area contributed by atoms with Gasteiger partial charge in [-0.25, -0.2) is 0 Å². The van der Waals surface area contributed by atoms with Gasteiger partial charge in [0.1, 0.15) is 6.04 Å². The van der Waals surface area contributed by atoms with Crippen LogP contribution in [0.4, 0.5) is 5.69 Å². The Morgan fingerprint density at radius 1 is 1.42 bits per heavy atom. The number of aryl methyl sites for hydroxylation is 1. The summed E-state index contributed by atoms with van der Waals surface area (Å²) < 4.78 is 0. The summed E-state index contributed by atoms with van der Waals surface area (Å²) in [6.45, 7) is 2.94. The molecule has 19 heavy (non-hydrogen) atoms. The third-order valence-corrected chi connectivity index (χ3v) is 3.26.